The minimum atomic E-state index is -0.723. The van der Waals surface area contributed by atoms with Gasteiger partial charge >= 0.3 is 0 Å². The van der Waals surface area contributed by atoms with E-state index in [9.17, 15) is 5.26 Å². The number of nitrogens with zero attached hydrogens (tertiary/aromatic N) is 1. The number of rotatable bonds is 2. The number of benzene rings is 1. The van der Waals surface area contributed by atoms with Crippen LogP contribution in [0.1, 0.15) is 25.3 Å². The van der Waals surface area contributed by atoms with Crippen molar-refractivity contribution >= 4 is 5.71 Å². The van der Waals surface area contributed by atoms with Crippen LogP contribution in [0.25, 0.3) is 0 Å². The fourth-order valence-corrected chi connectivity index (χ4v) is 2.11. The molecule has 3 heteroatoms. The van der Waals surface area contributed by atoms with E-state index >= 15 is 0 Å². The first-order chi connectivity index (χ1) is 7.29. The number of hydrogen-bond acceptors (Lipinski definition) is 3. The molecule has 1 atom stereocenters. The Balaban J connectivity index is 2.45. The zero-order valence-corrected chi connectivity index (χ0v) is 8.81. The molecule has 0 spiro atoms. The highest BCUT2D eigenvalue weighted by Crippen LogP contribution is 2.34. The first kappa shape index (κ1) is 10.3. The number of aliphatic imine (C=N–C) groups is 1. The second-order valence-corrected chi connectivity index (χ2v) is 3.86. The lowest BCUT2D eigenvalue weighted by Gasteiger charge is -2.33. The van der Waals surface area contributed by atoms with Crippen LogP contribution in [0.15, 0.2) is 35.3 Å². The summed E-state index contributed by atoms with van der Waals surface area (Å²) in [5.74, 6) is 0. The Morgan fingerprint density at radius 3 is 2.67 bits per heavy atom. The zero-order valence-electron chi connectivity index (χ0n) is 8.81. The summed E-state index contributed by atoms with van der Waals surface area (Å²) >= 11 is 0. The molecule has 0 amide bonds. The predicted molar refractivity (Wildman–Crippen MR) is 59.0 cm³/mol. The average molecular weight is 205 g/mol. The van der Waals surface area contributed by atoms with Crippen molar-refractivity contribution in [2.45, 2.75) is 25.4 Å². The third-order valence-corrected chi connectivity index (χ3v) is 3.02. The van der Waals surface area contributed by atoms with E-state index < -0.39 is 5.60 Å². The molecule has 0 saturated carbocycles. The van der Waals surface area contributed by atoms with Crippen LogP contribution >= 0.6 is 0 Å². The van der Waals surface area contributed by atoms with Gasteiger partial charge in [0.05, 0.1) is 0 Å². The molecule has 0 saturated heterocycles. The van der Waals surface area contributed by atoms with Gasteiger partial charge in [-0.1, -0.05) is 30.3 Å². The van der Waals surface area contributed by atoms with Gasteiger partial charge in [0.1, 0.15) is 0 Å². The molecular formula is C12H15NO2. The van der Waals surface area contributed by atoms with Crippen molar-refractivity contribution in [3.63, 3.8) is 0 Å². The standard InChI is InChI=1S/C12H15NO2/c1-10-12(15-14,8-5-9-13-10)11-6-3-2-4-7-11/h2-4,6-7,14H,5,8-9H2,1H3. The van der Waals surface area contributed by atoms with E-state index in [1.807, 2.05) is 37.3 Å². The van der Waals surface area contributed by atoms with Gasteiger partial charge in [0.15, 0.2) is 5.60 Å². The molecule has 1 unspecified atom stereocenters. The maximum Gasteiger partial charge on any atom is 0.165 e. The number of hydrogen-bond donors (Lipinski definition) is 1. The molecule has 1 aromatic carbocycles. The van der Waals surface area contributed by atoms with Crippen LogP contribution in [-0.2, 0) is 10.5 Å². The molecule has 80 valence electrons. The quantitative estimate of drug-likeness (QED) is 0.595. The molecule has 15 heavy (non-hydrogen) atoms. The van der Waals surface area contributed by atoms with Crippen LogP contribution in [0.5, 0.6) is 0 Å². The minimum absolute atomic E-state index is 0.723. The van der Waals surface area contributed by atoms with E-state index in [4.69, 9.17) is 4.89 Å². The van der Waals surface area contributed by atoms with Crippen molar-refractivity contribution in [3.8, 4) is 0 Å². The molecule has 1 aromatic rings. The van der Waals surface area contributed by atoms with E-state index in [1.54, 1.807) is 0 Å². The summed E-state index contributed by atoms with van der Waals surface area (Å²) < 4.78 is 0. The highest BCUT2D eigenvalue weighted by Gasteiger charge is 2.38. The summed E-state index contributed by atoms with van der Waals surface area (Å²) in [6.07, 6.45) is 1.72. The lowest BCUT2D eigenvalue weighted by molar-refractivity contribution is -0.308. The summed E-state index contributed by atoms with van der Waals surface area (Å²) in [6.45, 7) is 2.73. The molecular weight excluding hydrogens is 190 g/mol. The monoisotopic (exact) mass is 205 g/mol. The SMILES string of the molecule is CC1=NCCCC1(OO)c1ccccc1. The molecule has 1 heterocycles. The molecule has 3 nitrogen and oxygen atoms in total. The van der Waals surface area contributed by atoms with Crippen LogP contribution in [0.3, 0.4) is 0 Å². The molecule has 1 N–H and O–H groups in total. The van der Waals surface area contributed by atoms with Gasteiger partial charge < -0.3 is 0 Å². The van der Waals surface area contributed by atoms with Crippen LogP contribution in [0.4, 0.5) is 0 Å². The fraction of sp³-hybridized carbons (Fsp3) is 0.417. The topological polar surface area (TPSA) is 41.8 Å². The average Bonchev–Trinajstić information content (AvgIpc) is 2.31. The normalized spacial score (nSPS) is 26.1. The van der Waals surface area contributed by atoms with E-state index in [-0.39, 0.29) is 0 Å². The van der Waals surface area contributed by atoms with Crippen molar-refractivity contribution in [1.29, 1.82) is 0 Å². The Morgan fingerprint density at radius 2 is 2.07 bits per heavy atom. The van der Waals surface area contributed by atoms with E-state index in [2.05, 4.69) is 4.99 Å². The Morgan fingerprint density at radius 1 is 1.33 bits per heavy atom. The first-order valence-corrected chi connectivity index (χ1v) is 5.19. The van der Waals surface area contributed by atoms with Crippen LogP contribution in [0, 0.1) is 0 Å². The largest absolute Gasteiger partial charge is 0.291 e. The molecule has 0 radical (unpaired) electrons. The summed E-state index contributed by atoms with van der Waals surface area (Å²) in [5.41, 5.74) is 1.09. The van der Waals surface area contributed by atoms with Gasteiger partial charge in [-0.05, 0) is 25.3 Å². The maximum atomic E-state index is 9.18. The summed E-state index contributed by atoms with van der Waals surface area (Å²) in [5, 5.41) is 9.18. The van der Waals surface area contributed by atoms with Gasteiger partial charge in [0, 0.05) is 12.3 Å². The van der Waals surface area contributed by atoms with E-state index in [0.717, 1.165) is 30.7 Å². The van der Waals surface area contributed by atoms with E-state index in [1.165, 1.54) is 0 Å². The van der Waals surface area contributed by atoms with Crippen molar-refractivity contribution in [2.75, 3.05) is 6.54 Å². The second kappa shape index (κ2) is 4.13. The molecule has 1 aliphatic rings. The molecule has 0 aliphatic carbocycles. The van der Waals surface area contributed by atoms with Gasteiger partial charge in [0.25, 0.3) is 0 Å². The van der Waals surface area contributed by atoms with Crippen LogP contribution in [-0.4, -0.2) is 17.5 Å². The highest BCUT2D eigenvalue weighted by molar-refractivity contribution is 5.92. The fourth-order valence-electron chi connectivity index (χ4n) is 2.11. The molecule has 0 bridgehead atoms. The van der Waals surface area contributed by atoms with Gasteiger partial charge in [-0.2, -0.15) is 0 Å². The van der Waals surface area contributed by atoms with E-state index in [0.29, 0.717) is 0 Å². The Bertz CT molecular complexity index is 361. The van der Waals surface area contributed by atoms with Gasteiger partial charge in [-0.25, -0.2) is 4.89 Å². The molecule has 1 aliphatic heterocycles. The third kappa shape index (κ3) is 1.68. The van der Waals surface area contributed by atoms with Gasteiger partial charge in [-0.15, -0.1) is 0 Å². The van der Waals surface area contributed by atoms with Gasteiger partial charge in [0.2, 0.25) is 0 Å². The zero-order chi connectivity index (χ0) is 10.7. The maximum absolute atomic E-state index is 9.18. The molecule has 2 rings (SSSR count). The Kier molecular flexibility index (Phi) is 2.84. The summed E-state index contributed by atoms with van der Waals surface area (Å²) in [7, 11) is 0. The van der Waals surface area contributed by atoms with Gasteiger partial charge in [-0.3, -0.25) is 10.2 Å². The summed E-state index contributed by atoms with van der Waals surface area (Å²) in [4.78, 5) is 9.11. The van der Waals surface area contributed by atoms with Crippen LogP contribution < -0.4 is 0 Å². The van der Waals surface area contributed by atoms with Crippen molar-refractivity contribution in [1.82, 2.24) is 0 Å². The minimum Gasteiger partial charge on any atom is -0.291 e. The Hall–Kier alpha value is -1.19. The van der Waals surface area contributed by atoms with Crippen molar-refractivity contribution in [2.24, 2.45) is 4.99 Å². The highest BCUT2D eigenvalue weighted by atomic mass is 17.1. The smallest absolute Gasteiger partial charge is 0.165 e. The lowest BCUT2D eigenvalue weighted by atomic mass is 9.83. The lowest BCUT2D eigenvalue weighted by Crippen LogP contribution is -2.39. The van der Waals surface area contributed by atoms with Crippen molar-refractivity contribution < 1.29 is 10.1 Å². The first-order valence-electron chi connectivity index (χ1n) is 5.19. The second-order valence-electron chi connectivity index (χ2n) is 3.86. The summed E-state index contributed by atoms with van der Waals surface area (Å²) in [6, 6.07) is 9.75. The van der Waals surface area contributed by atoms with Crippen LogP contribution in [0.2, 0.25) is 0 Å². The molecule has 0 aromatic heterocycles. The Labute approximate surface area is 89.3 Å². The van der Waals surface area contributed by atoms with Crippen molar-refractivity contribution in [3.05, 3.63) is 35.9 Å². The molecule has 0 fully saturated rings. The third-order valence-electron chi connectivity index (χ3n) is 3.02. The predicted octanol–water partition coefficient (Wildman–Crippen LogP) is 2.63.